The molecule has 1 aromatic rings. The van der Waals surface area contributed by atoms with E-state index in [1.807, 2.05) is 25.2 Å². The van der Waals surface area contributed by atoms with Gasteiger partial charge in [-0.05, 0) is 37.6 Å². The average molecular weight is 237 g/mol. The quantitative estimate of drug-likeness (QED) is 0.825. The largest absolute Gasteiger partial charge is 0.497 e. The van der Waals surface area contributed by atoms with E-state index in [1.54, 1.807) is 14.2 Å². The van der Waals surface area contributed by atoms with Gasteiger partial charge in [0.05, 0.1) is 14.2 Å². The maximum absolute atomic E-state index is 5.41. The van der Waals surface area contributed by atoms with Gasteiger partial charge in [0.2, 0.25) is 0 Å². The van der Waals surface area contributed by atoms with Crippen LogP contribution in [0.4, 0.5) is 0 Å². The van der Waals surface area contributed by atoms with Crippen LogP contribution >= 0.6 is 0 Å². The summed E-state index contributed by atoms with van der Waals surface area (Å²) in [5.74, 6) is 2.40. The first-order chi connectivity index (χ1) is 8.12. The molecule has 96 valence electrons. The van der Waals surface area contributed by atoms with Crippen LogP contribution in [-0.4, -0.2) is 21.3 Å². The average Bonchev–Trinajstić information content (AvgIpc) is 2.34. The van der Waals surface area contributed by atoms with Crippen LogP contribution in [0, 0.1) is 5.92 Å². The number of ether oxygens (including phenoxy) is 2. The van der Waals surface area contributed by atoms with Crippen molar-refractivity contribution in [1.82, 2.24) is 5.32 Å². The molecule has 17 heavy (non-hydrogen) atoms. The van der Waals surface area contributed by atoms with Gasteiger partial charge in [-0.1, -0.05) is 13.8 Å². The Morgan fingerprint density at radius 3 is 2.35 bits per heavy atom. The molecule has 0 bridgehead atoms. The van der Waals surface area contributed by atoms with Gasteiger partial charge in [-0.2, -0.15) is 0 Å². The number of hydrogen-bond donors (Lipinski definition) is 1. The molecule has 3 heteroatoms. The molecule has 0 saturated heterocycles. The molecule has 0 amide bonds. The zero-order valence-corrected chi connectivity index (χ0v) is 11.4. The van der Waals surface area contributed by atoms with Crippen molar-refractivity contribution in [3.05, 3.63) is 23.8 Å². The van der Waals surface area contributed by atoms with Crippen LogP contribution in [0.25, 0.3) is 0 Å². The molecule has 1 N–H and O–H groups in total. The fourth-order valence-corrected chi connectivity index (χ4v) is 1.98. The van der Waals surface area contributed by atoms with Crippen LogP contribution in [0.1, 0.15) is 31.9 Å². The van der Waals surface area contributed by atoms with E-state index < -0.39 is 0 Å². The predicted octanol–water partition coefficient (Wildman–Crippen LogP) is 3.01. The lowest BCUT2D eigenvalue weighted by molar-refractivity contribution is 0.381. The van der Waals surface area contributed by atoms with Crippen LogP contribution in [-0.2, 0) is 0 Å². The van der Waals surface area contributed by atoms with E-state index in [0.29, 0.717) is 12.0 Å². The van der Waals surface area contributed by atoms with Gasteiger partial charge >= 0.3 is 0 Å². The van der Waals surface area contributed by atoms with Gasteiger partial charge in [-0.15, -0.1) is 0 Å². The van der Waals surface area contributed by atoms with E-state index in [0.717, 1.165) is 23.5 Å². The molecule has 0 aliphatic heterocycles. The Labute approximate surface area is 104 Å². The van der Waals surface area contributed by atoms with E-state index in [1.165, 1.54) is 0 Å². The summed E-state index contributed by atoms with van der Waals surface area (Å²) in [5, 5.41) is 3.34. The predicted molar refractivity (Wildman–Crippen MR) is 70.8 cm³/mol. The van der Waals surface area contributed by atoms with Crippen LogP contribution in [0.3, 0.4) is 0 Å². The van der Waals surface area contributed by atoms with E-state index in [2.05, 4.69) is 19.2 Å². The molecule has 0 heterocycles. The van der Waals surface area contributed by atoms with Crippen molar-refractivity contribution in [3.8, 4) is 11.5 Å². The molecule has 0 spiro atoms. The standard InChI is InChI=1S/C14H23NO2/c1-10(2)8-13(15-3)12-9-11(16-4)6-7-14(12)17-5/h6-7,9-10,13,15H,8H2,1-5H3. The van der Waals surface area contributed by atoms with E-state index >= 15 is 0 Å². The maximum Gasteiger partial charge on any atom is 0.123 e. The van der Waals surface area contributed by atoms with Crippen molar-refractivity contribution in [2.45, 2.75) is 26.3 Å². The van der Waals surface area contributed by atoms with Crippen molar-refractivity contribution in [3.63, 3.8) is 0 Å². The molecule has 0 saturated carbocycles. The summed E-state index contributed by atoms with van der Waals surface area (Å²) in [6.07, 6.45) is 1.07. The molecule has 1 rings (SSSR count). The van der Waals surface area contributed by atoms with Crippen LogP contribution in [0.2, 0.25) is 0 Å². The Bertz CT molecular complexity index is 350. The number of methoxy groups -OCH3 is 2. The van der Waals surface area contributed by atoms with Gasteiger partial charge in [0, 0.05) is 11.6 Å². The van der Waals surface area contributed by atoms with Gasteiger partial charge < -0.3 is 14.8 Å². The summed E-state index contributed by atoms with van der Waals surface area (Å²) < 4.78 is 10.7. The van der Waals surface area contributed by atoms with E-state index in [9.17, 15) is 0 Å². The van der Waals surface area contributed by atoms with Crippen LogP contribution in [0.15, 0.2) is 18.2 Å². The highest BCUT2D eigenvalue weighted by Crippen LogP contribution is 2.32. The highest BCUT2D eigenvalue weighted by atomic mass is 16.5. The van der Waals surface area contributed by atoms with Crippen molar-refractivity contribution in [2.75, 3.05) is 21.3 Å². The zero-order chi connectivity index (χ0) is 12.8. The van der Waals surface area contributed by atoms with Gasteiger partial charge in [-0.25, -0.2) is 0 Å². The number of hydrogen-bond acceptors (Lipinski definition) is 3. The first-order valence-corrected chi connectivity index (χ1v) is 6.01. The maximum atomic E-state index is 5.41. The smallest absolute Gasteiger partial charge is 0.123 e. The molecule has 0 aromatic heterocycles. The van der Waals surface area contributed by atoms with Crippen molar-refractivity contribution >= 4 is 0 Å². The molecule has 0 aliphatic carbocycles. The summed E-state index contributed by atoms with van der Waals surface area (Å²) in [6, 6.07) is 6.21. The minimum Gasteiger partial charge on any atom is -0.497 e. The minimum absolute atomic E-state index is 0.292. The Morgan fingerprint density at radius 1 is 1.18 bits per heavy atom. The fraction of sp³-hybridized carbons (Fsp3) is 0.571. The molecular formula is C14H23NO2. The first-order valence-electron chi connectivity index (χ1n) is 6.01. The third kappa shape index (κ3) is 3.63. The summed E-state index contributed by atoms with van der Waals surface area (Å²) in [7, 11) is 5.36. The SMILES string of the molecule is CNC(CC(C)C)c1cc(OC)ccc1OC. The Kier molecular flexibility index (Phi) is 5.29. The van der Waals surface area contributed by atoms with Crippen LogP contribution in [0.5, 0.6) is 11.5 Å². The third-order valence-corrected chi connectivity index (χ3v) is 2.87. The normalized spacial score (nSPS) is 12.6. The number of benzene rings is 1. The lowest BCUT2D eigenvalue weighted by atomic mass is 9.96. The second-order valence-electron chi connectivity index (χ2n) is 4.58. The first kappa shape index (κ1) is 13.8. The number of rotatable bonds is 6. The van der Waals surface area contributed by atoms with Gasteiger partial charge in [0.1, 0.15) is 11.5 Å². The topological polar surface area (TPSA) is 30.5 Å². The van der Waals surface area contributed by atoms with Crippen molar-refractivity contribution < 1.29 is 9.47 Å². The van der Waals surface area contributed by atoms with Crippen molar-refractivity contribution in [1.29, 1.82) is 0 Å². The fourth-order valence-electron chi connectivity index (χ4n) is 1.98. The zero-order valence-electron chi connectivity index (χ0n) is 11.4. The highest BCUT2D eigenvalue weighted by molar-refractivity contribution is 5.42. The molecule has 3 nitrogen and oxygen atoms in total. The summed E-state index contributed by atoms with van der Waals surface area (Å²) >= 11 is 0. The molecule has 1 atom stereocenters. The second-order valence-corrected chi connectivity index (χ2v) is 4.58. The lowest BCUT2D eigenvalue weighted by Gasteiger charge is -2.21. The van der Waals surface area contributed by atoms with E-state index in [4.69, 9.17) is 9.47 Å². The number of nitrogens with one attached hydrogen (secondary N) is 1. The van der Waals surface area contributed by atoms with Crippen molar-refractivity contribution in [2.24, 2.45) is 5.92 Å². The van der Waals surface area contributed by atoms with E-state index in [-0.39, 0.29) is 0 Å². The second kappa shape index (κ2) is 6.50. The van der Waals surface area contributed by atoms with Crippen LogP contribution < -0.4 is 14.8 Å². The van der Waals surface area contributed by atoms with Gasteiger partial charge in [0.25, 0.3) is 0 Å². The lowest BCUT2D eigenvalue weighted by Crippen LogP contribution is -2.19. The Hall–Kier alpha value is -1.22. The minimum atomic E-state index is 0.292. The summed E-state index contributed by atoms with van der Waals surface area (Å²) in [4.78, 5) is 0. The summed E-state index contributed by atoms with van der Waals surface area (Å²) in [5.41, 5.74) is 1.16. The Balaban J connectivity index is 3.05. The van der Waals surface area contributed by atoms with Gasteiger partial charge in [0.15, 0.2) is 0 Å². The molecule has 0 radical (unpaired) electrons. The molecule has 1 unspecified atom stereocenters. The molecule has 0 fully saturated rings. The molecule has 0 aliphatic rings. The third-order valence-electron chi connectivity index (χ3n) is 2.87. The summed E-state index contributed by atoms with van der Waals surface area (Å²) in [6.45, 7) is 4.44. The molecule has 1 aromatic carbocycles. The highest BCUT2D eigenvalue weighted by Gasteiger charge is 2.16. The molecular weight excluding hydrogens is 214 g/mol. The van der Waals surface area contributed by atoms with Gasteiger partial charge in [-0.3, -0.25) is 0 Å². The monoisotopic (exact) mass is 237 g/mol. The Morgan fingerprint density at radius 2 is 1.88 bits per heavy atom.